The lowest BCUT2D eigenvalue weighted by Crippen LogP contribution is -2.57. The van der Waals surface area contributed by atoms with E-state index >= 15 is 0 Å². The molecule has 2 atom stereocenters. The molecule has 4 heterocycles. The molecule has 25 heavy (non-hydrogen) atoms. The first-order valence-corrected chi connectivity index (χ1v) is 10.1. The Kier molecular flexibility index (Phi) is 4.12. The lowest BCUT2D eigenvalue weighted by molar-refractivity contribution is 0.422. The van der Waals surface area contributed by atoms with Crippen molar-refractivity contribution >= 4 is 21.6 Å². The molecule has 0 aliphatic carbocycles. The lowest BCUT2D eigenvalue weighted by atomic mass is 10.1. The molecule has 0 spiro atoms. The number of sulfone groups is 1. The van der Waals surface area contributed by atoms with Crippen molar-refractivity contribution in [2.45, 2.75) is 18.6 Å². The number of aromatic nitrogens is 2. The highest BCUT2D eigenvalue weighted by atomic mass is 32.2. The van der Waals surface area contributed by atoms with E-state index in [-0.39, 0.29) is 23.6 Å². The van der Waals surface area contributed by atoms with E-state index in [0.717, 1.165) is 24.5 Å². The summed E-state index contributed by atoms with van der Waals surface area (Å²) in [5.41, 5.74) is 1.04. The molecular weight excluding hydrogens is 342 g/mol. The molecule has 2 fully saturated rings. The van der Waals surface area contributed by atoms with Crippen LogP contribution in [-0.2, 0) is 16.4 Å². The SMILES string of the molecule is CN(Cc1ccoc1)c1nccc(N2CCNC3CS(=O)(=O)CC32)n1. The molecule has 0 saturated carbocycles. The number of hydrogen-bond acceptors (Lipinski definition) is 8. The van der Waals surface area contributed by atoms with Crippen LogP contribution in [0.1, 0.15) is 5.56 Å². The van der Waals surface area contributed by atoms with Crippen molar-refractivity contribution in [1.29, 1.82) is 0 Å². The molecule has 1 N–H and O–H groups in total. The van der Waals surface area contributed by atoms with Gasteiger partial charge in [-0.2, -0.15) is 4.98 Å². The fourth-order valence-corrected chi connectivity index (χ4v) is 5.52. The molecule has 8 nitrogen and oxygen atoms in total. The van der Waals surface area contributed by atoms with Gasteiger partial charge in [0.2, 0.25) is 5.95 Å². The van der Waals surface area contributed by atoms with Gasteiger partial charge in [0.05, 0.1) is 30.1 Å². The standard InChI is InChI=1S/C16H21N5O3S/c1-20(8-12-3-7-24-9-12)16-18-4-2-15(19-16)21-6-5-17-13-10-25(22,23)11-14(13)21/h2-4,7,9,13-14,17H,5-6,8,10-11H2,1H3. The third-order valence-corrected chi connectivity index (χ3v) is 6.46. The van der Waals surface area contributed by atoms with Crippen LogP contribution in [0, 0.1) is 0 Å². The van der Waals surface area contributed by atoms with Gasteiger partial charge in [-0.1, -0.05) is 0 Å². The van der Waals surface area contributed by atoms with E-state index in [1.165, 1.54) is 0 Å². The summed E-state index contributed by atoms with van der Waals surface area (Å²) in [4.78, 5) is 13.1. The van der Waals surface area contributed by atoms with Crippen molar-refractivity contribution in [2.24, 2.45) is 0 Å². The van der Waals surface area contributed by atoms with Gasteiger partial charge in [-0.15, -0.1) is 0 Å². The van der Waals surface area contributed by atoms with Crippen molar-refractivity contribution in [3.8, 4) is 0 Å². The summed E-state index contributed by atoms with van der Waals surface area (Å²) in [7, 11) is -1.08. The monoisotopic (exact) mass is 363 g/mol. The molecular formula is C16H21N5O3S. The van der Waals surface area contributed by atoms with Gasteiger partial charge in [0.15, 0.2) is 9.84 Å². The number of anilines is 2. The third-order valence-electron chi connectivity index (χ3n) is 4.75. The van der Waals surface area contributed by atoms with Gasteiger partial charge >= 0.3 is 0 Å². The number of fused-ring (bicyclic) bond motifs is 1. The van der Waals surface area contributed by atoms with Gasteiger partial charge in [-0.05, 0) is 12.1 Å². The van der Waals surface area contributed by atoms with Gasteiger partial charge in [-0.25, -0.2) is 13.4 Å². The number of nitrogens with one attached hydrogen (secondary N) is 1. The Bertz CT molecular complexity index is 839. The van der Waals surface area contributed by atoms with Crippen LogP contribution < -0.4 is 15.1 Å². The smallest absolute Gasteiger partial charge is 0.227 e. The first-order chi connectivity index (χ1) is 12.0. The minimum atomic E-state index is -3.00. The molecule has 0 radical (unpaired) electrons. The van der Waals surface area contributed by atoms with Crippen molar-refractivity contribution in [3.63, 3.8) is 0 Å². The summed E-state index contributed by atoms with van der Waals surface area (Å²) in [6.45, 7) is 2.13. The summed E-state index contributed by atoms with van der Waals surface area (Å²) in [6, 6.07) is 3.66. The van der Waals surface area contributed by atoms with Crippen molar-refractivity contribution < 1.29 is 12.8 Å². The average molecular weight is 363 g/mol. The number of furan rings is 1. The zero-order chi connectivity index (χ0) is 17.4. The summed E-state index contributed by atoms with van der Waals surface area (Å²) in [5, 5.41) is 3.32. The van der Waals surface area contributed by atoms with E-state index in [2.05, 4.69) is 20.2 Å². The fourth-order valence-electron chi connectivity index (χ4n) is 3.56. The topological polar surface area (TPSA) is 91.6 Å². The normalized spacial score (nSPS) is 24.9. The first kappa shape index (κ1) is 16.3. The van der Waals surface area contributed by atoms with Crippen LogP contribution in [0.2, 0.25) is 0 Å². The van der Waals surface area contributed by atoms with Crippen LogP contribution in [0.15, 0.2) is 35.3 Å². The molecule has 2 aromatic rings. The van der Waals surface area contributed by atoms with Crippen molar-refractivity contribution in [2.75, 3.05) is 41.4 Å². The van der Waals surface area contributed by atoms with Gasteiger partial charge in [0.25, 0.3) is 0 Å². The zero-order valence-electron chi connectivity index (χ0n) is 14.0. The second kappa shape index (κ2) is 6.30. The predicted octanol–water partition coefficient (Wildman–Crippen LogP) is 0.281. The molecule has 2 unspecified atom stereocenters. The highest BCUT2D eigenvalue weighted by Crippen LogP contribution is 2.26. The summed E-state index contributed by atoms with van der Waals surface area (Å²) in [5.74, 6) is 1.76. The molecule has 2 aromatic heterocycles. The van der Waals surface area contributed by atoms with Crippen LogP contribution in [0.25, 0.3) is 0 Å². The van der Waals surface area contributed by atoms with Crippen LogP contribution >= 0.6 is 0 Å². The summed E-state index contributed by atoms with van der Waals surface area (Å²) in [6.07, 6.45) is 5.07. The zero-order valence-corrected chi connectivity index (χ0v) is 14.8. The second-order valence-electron chi connectivity index (χ2n) is 6.60. The van der Waals surface area contributed by atoms with Crippen molar-refractivity contribution in [1.82, 2.24) is 15.3 Å². The van der Waals surface area contributed by atoms with E-state index < -0.39 is 9.84 Å². The Hall–Kier alpha value is -2.13. The Balaban J connectivity index is 1.56. The molecule has 2 aliphatic heterocycles. The van der Waals surface area contributed by atoms with Crippen LogP contribution in [-0.4, -0.2) is 62.1 Å². The van der Waals surface area contributed by atoms with Crippen LogP contribution in [0.3, 0.4) is 0 Å². The minimum absolute atomic E-state index is 0.0270. The van der Waals surface area contributed by atoms with Crippen LogP contribution in [0.4, 0.5) is 11.8 Å². The Morgan fingerprint density at radius 1 is 1.40 bits per heavy atom. The van der Waals surface area contributed by atoms with E-state index in [1.807, 2.05) is 24.1 Å². The lowest BCUT2D eigenvalue weighted by Gasteiger charge is -2.38. The number of nitrogens with zero attached hydrogens (tertiary/aromatic N) is 4. The number of piperazine rings is 1. The van der Waals surface area contributed by atoms with E-state index in [0.29, 0.717) is 12.5 Å². The largest absolute Gasteiger partial charge is 0.472 e. The van der Waals surface area contributed by atoms with Gasteiger partial charge in [0.1, 0.15) is 5.82 Å². The average Bonchev–Trinajstić information content (AvgIpc) is 3.20. The molecule has 134 valence electrons. The van der Waals surface area contributed by atoms with Gasteiger partial charge in [-0.3, -0.25) is 0 Å². The molecule has 0 bridgehead atoms. The second-order valence-corrected chi connectivity index (χ2v) is 8.75. The Morgan fingerprint density at radius 3 is 3.08 bits per heavy atom. The highest BCUT2D eigenvalue weighted by Gasteiger charge is 2.43. The Labute approximate surface area is 146 Å². The van der Waals surface area contributed by atoms with E-state index in [9.17, 15) is 8.42 Å². The minimum Gasteiger partial charge on any atom is -0.472 e. The quantitative estimate of drug-likeness (QED) is 0.828. The molecule has 0 amide bonds. The van der Waals surface area contributed by atoms with Crippen molar-refractivity contribution in [3.05, 3.63) is 36.4 Å². The molecule has 9 heteroatoms. The maximum atomic E-state index is 12.0. The number of rotatable bonds is 4. The fraction of sp³-hybridized carbons (Fsp3) is 0.500. The maximum Gasteiger partial charge on any atom is 0.227 e. The molecule has 2 saturated heterocycles. The predicted molar refractivity (Wildman–Crippen MR) is 94.4 cm³/mol. The molecule has 4 rings (SSSR count). The first-order valence-electron chi connectivity index (χ1n) is 8.27. The molecule has 2 aliphatic rings. The van der Waals surface area contributed by atoms with E-state index in [1.54, 1.807) is 18.7 Å². The number of hydrogen-bond donors (Lipinski definition) is 1. The third kappa shape index (κ3) is 3.34. The Morgan fingerprint density at radius 2 is 2.28 bits per heavy atom. The van der Waals surface area contributed by atoms with E-state index in [4.69, 9.17) is 4.42 Å². The van der Waals surface area contributed by atoms with Crippen LogP contribution in [0.5, 0.6) is 0 Å². The maximum absolute atomic E-state index is 12.0. The summed E-state index contributed by atoms with van der Waals surface area (Å²) >= 11 is 0. The molecule has 0 aromatic carbocycles. The highest BCUT2D eigenvalue weighted by molar-refractivity contribution is 7.91. The van der Waals surface area contributed by atoms with Gasteiger partial charge < -0.3 is 19.5 Å². The van der Waals surface area contributed by atoms with Gasteiger partial charge in [0, 0.05) is 44.5 Å². The summed E-state index contributed by atoms with van der Waals surface area (Å²) < 4.78 is 29.1.